The maximum Gasteiger partial charge on any atom is 0.0703 e. The highest BCUT2D eigenvalue weighted by Crippen LogP contribution is 2.30. The fraction of sp³-hybridized carbons (Fsp3) is 0.533. The van der Waals surface area contributed by atoms with Crippen LogP contribution in [0.2, 0.25) is 0 Å². The molecular formula is C15H23ClN4S. The Kier molecular flexibility index (Phi) is 5.09. The number of likely N-dealkylation sites (tertiary alicyclic amines) is 1. The summed E-state index contributed by atoms with van der Waals surface area (Å²) in [6.45, 7) is 7.58. The van der Waals surface area contributed by atoms with Crippen LogP contribution in [-0.2, 0) is 6.54 Å². The summed E-state index contributed by atoms with van der Waals surface area (Å²) in [7, 11) is 0. The van der Waals surface area contributed by atoms with Gasteiger partial charge in [0.15, 0.2) is 0 Å². The summed E-state index contributed by atoms with van der Waals surface area (Å²) in [5.41, 5.74) is 10.1. The third kappa shape index (κ3) is 3.48. The largest absolute Gasteiger partial charge is 0.327 e. The first kappa shape index (κ1) is 16.5. The van der Waals surface area contributed by atoms with Gasteiger partial charge < -0.3 is 5.73 Å². The van der Waals surface area contributed by atoms with Crippen molar-refractivity contribution in [1.29, 1.82) is 0 Å². The van der Waals surface area contributed by atoms with Crippen molar-refractivity contribution in [3.05, 3.63) is 28.6 Å². The number of rotatable bonds is 3. The Morgan fingerprint density at radius 3 is 3.00 bits per heavy atom. The van der Waals surface area contributed by atoms with Crippen LogP contribution in [0.1, 0.15) is 25.8 Å². The number of nitrogens with zero attached hydrogens (tertiary/aromatic N) is 2. The number of nitrogens with one attached hydrogen (secondary N) is 1. The van der Waals surface area contributed by atoms with E-state index in [1.165, 1.54) is 11.1 Å². The van der Waals surface area contributed by atoms with Crippen molar-refractivity contribution >= 4 is 23.7 Å². The molecule has 2 aromatic rings. The van der Waals surface area contributed by atoms with E-state index in [4.69, 9.17) is 5.73 Å². The van der Waals surface area contributed by atoms with E-state index >= 15 is 0 Å². The van der Waals surface area contributed by atoms with Gasteiger partial charge in [0.25, 0.3) is 0 Å². The molecule has 0 saturated carbocycles. The van der Waals surface area contributed by atoms with E-state index in [0.29, 0.717) is 6.04 Å². The highest BCUT2D eigenvalue weighted by atomic mass is 35.5. The molecule has 1 unspecified atom stereocenters. The maximum atomic E-state index is 6.21. The van der Waals surface area contributed by atoms with Crippen LogP contribution >= 0.6 is 23.7 Å². The summed E-state index contributed by atoms with van der Waals surface area (Å²) >= 11 is 1.71. The number of aromatic nitrogens is 2. The lowest BCUT2D eigenvalue weighted by molar-refractivity contribution is 0.0900. The molecule has 1 saturated heterocycles. The van der Waals surface area contributed by atoms with Crippen LogP contribution in [0.15, 0.2) is 23.0 Å². The highest BCUT2D eigenvalue weighted by molar-refractivity contribution is 7.08. The van der Waals surface area contributed by atoms with E-state index in [1.807, 2.05) is 6.20 Å². The van der Waals surface area contributed by atoms with E-state index in [2.05, 4.69) is 45.8 Å². The molecule has 1 aliphatic rings. The Morgan fingerprint density at radius 1 is 1.52 bits per heavy atom. The van der Waals surface area contributed by atoms with Crippen LogP contribution in [0.5, 0.6) is 0 Å². The molecule has 0 bridgehead atoms. The molecule has 0 aromatic carbocycles. The average Bonchev–Trinajstić information content (AvgIpc) is 3.03. The number of halogens is 1. The average molecular weight is 327 g/mol. The smallest absolute Gasteiger partial charge is 0.0703 e. The van der Waals surface area contributed by atoms with E-state index in [-0.39, 0.29) is 17.8 Å². The second kappa shape index (κ2) is 6.48. The summed E-state index contributed by atoms with van der Waals surface area (Å²) in [5, 5.41) is 11.6. The highest BCUT2D eigenvalue weighted by Gasteiger charge is 2.33. The third-order valence-electron chi connectivity index (χ3n) is 4.31. The van der Waals surface area contributed by atoms with Crippen molar-refractivity contribution in [3.8, 4) is 11.3 Å². The molecule has 0 aliphatic carbocycles. The number of piperidine rings is 1. The molecule has 0 amide bonds. The van der Waals surface area contributed by atoms with E-state index < -0.39 is 0 Å². The van der Waals surface area contributed by atoms with Crippen LogP contribution in [0.25, 0.3) is 11.3 Å². The summed E-state index contributed by atoms with van der Waals surface area (Å²) in [5.74, 6) is 0. The molecule has 1 atom stereocenters. The molecule has 4 nitrogen and oxygen atoms in total. The number of nitrogens with two attached hydrogens (primary N) is 1. The van der Waals surface area contributed by atoms with Crippen LogP contribution in [0, 0.1) is 5.41 Å². The minimum Gasteiger partial charge on any atom is -0.327 e. The summed E-state index contributed by atoms with van der Waals surface area (Å²) in [6.07, 6.45) is 3.02. The normalized spacial score (nSPS) is 22.0. The molecule has 6 heteroatoms. The summed E-state index contributed by atoms with van der Waals surface area (Å²) in [6, 6.07) is 2.44. The molecule has 116 valence electrons. The second-order valence-electron chi connectivity index (χ2n) is 6.38. The van der Waals surface area contributed by atoms with Crippen molar-refractivity contribution in [2.75, 3.05) is 13.1 Å². The topological polar surface area (TPSA) is 57.9 Å². The standard InChI is InChI=1S/C15H22N4S.ClH/c1-15(2)10-19(5-3-13(15)16)8-12-7-17-18-14(12)11-4-6-20-9-11;/h4,6-7,9,13H,3,5,8,10,16H2,1-2H3,(H,17,18);1H. The van der Waals surface area contributed by atoms with E-state index in [9.17, 15) is 0 Å². The van der Waals surface area contributed by atoms with Crippen LogP contribution in [0.3, 0.4) is 0 Å². The lowest BCUT2D eigenvalue weighted by Gasteiger charge is -2.42. The van der Waals surface area contributed by atoms with Crippen molar-refractivity contribution in [1.82, 2.24) is 15.1 Å². The molecule has 3 N–H and O–H groups in total. The van der Waals surface area contributed by atoms with Gasteiger partial charge in [-0.25, -0.2) is 0 Å². The predicted octanol–water partition coefficient (Wildman–Crippen LogP) is 3.12. The van der Waals surface area contributed by atoms with Gasteiger partial charge in [-0.3, -0.25) is 10.00 Å². The van der Waals surface area contributed by atoms with Gasteiger partial charge in [-0.1, -0.05) is 13.8 Å². The zero-order valence-electron chi connectivity index (χ0n) is 12.5. The SMILES string of the molecule is CC1(C)CN(Cc2cn[nH]c2-c2ccsc2)CCC1N.Cl. The van der Waals surface area contributed by atoms with Gasteiger partial charge in [-0.2, -0.15) is 16.4 Å². The van der Waals surface area contributed by atoms with Gasteiger partial charge in [-0.15, -0.1) is 12.4 Å². The Morgan fingerprint density at radius 2 is 2.33 bits per heavy atom. The fourth-order valence-electron chi connectivity index (χ4n) is 2.95. The summed E-state index contributed by atoms with van der Waals surface area (Å²) in [4.78, 5) is 2.49. The van der Waals surface area contributed by atoms with Gasteiger partial charge in [0, 0.05) is 42.2 Å². The van der Waals surface area contributed by atoms with Crippen molar-refractivity contribution in [2.24, 2.45) is 11.1 Å². The molecule has 2 aromatic heterocycles. The van der Waals surface area contributed by atoms with Gasteiger partial charge in [-0.05, 0) is 23.3 Å². The predicted molar refractivity (Wildman–Crippen MR) is 90.8 cm³/mol. The maximum absolute atomic E-state index is 6.21. The van der Waals surface area contributed by atoms with Crippen LogP contribution < -0.4 is 5.73 Å². The zero-order valence-corrected chi connectivity index (χ0v) is 14.1. The Hall–Kier alpha value is -0.880. The minimum absolute atomic E-state index is 0. The van der Waals surface area contributed by atoms with E-state index in [0.717, 1.165) is 31.7 Å². The lowest BCUT2D eigenvalue weighted by atomic mass is 9.79. The molecule has 21 heavy (non-hydrogen) atoms. The van der Waals surface area contributed by atoms with Gasteiger partial charge >= 0.3 is 0 Å². The van der Waals surface area contributed by atoms with Crippen molar-refractivity contribution < 1.29 is 0 Å². The van der Waals surface area contributed by atoms with E-state index in [1.54, 1.807) is 11.3 Å². The Labute approximate surface area is 136 Å². The number of hydrogen-bond acceptors (Lipinski definition) is 4. The molecular weight excluding hydrogens is 304 g/mol. The van der Waals surface area contributed by atoms with Crippen LogP contribution in [0.4, 0.5) is 0 Å². The number of hydrogen-bond donors (Lipinski definition) is 2. The molecule has 3 rings (SSSR count). The molecule has 0 radical (unpaired) electrons. The van der Waals surface area contributed by atoms with Gasteiger partial charge in [0.2, 0.25) is 0 Å². The fourth-order valence-corrected chi connectivity index (χ4v) is 3.60. The summed E-state index contributed by atoms with van der Waals surface area (Å²) < 4.78 is 0. The molecule has 1 aliphatic heterocycles. The first-order chi connectivity index (χ1) is 9.56. The first-order valence-electron chi connectivity index (χ1n) is 7.09. The number of aromatic amines is 1. The van der Waals surface area contributed by atoms with Crippen LogP contribution in [-0.4, -0.2) is 34.2 Å². The zero-order chi connectivity index (χ0) is 14.2. The van der Waals surface area contributed by atoms with Crippen molar-refractivity contribution in [3.63, 3.8) is 0 Å². The van der Waals surface area contributed by atoms with Gasteiger partial charge in [0.1, 0.15) is 0 Å². The quantitative estimate of drug-likeness (QED) is 0.911. The minimum atomic E-state index is 0. The second-order valence-corrected chi connectivity index (χ2v) is 7.16. The van der Waals surface area contributed by atoms with Crippen molar-refractivity contribution in [2.45, 2.75) is 32.9 Å². The number of thiophene rings is 1. The first-order valence-corrected chi connectivity index (χ1v) is 8.03. The third-order valence-corrected chi connectivity index (χ3v) is 5.00. The molecule has 1 fully saturated rings. The Balaban J connectivity index is 0.00000161. The Bertz CT molecular complexity index is 564. The molecule has 0 spiro atoms. The molecule has 3 heterocycles. The lowest BCUT2D eigenvalue weighted by Crippen LogP contribution is -2.52. The number of H-pyrrole nitrogens is 1. The van der Waals surface area contributed by atoms with Gasteiger partial charge in [0.05, 0.1) is 11.9 Å². The monoisotopic (exact) mass is 326 g/mol.